The van der Waals surface area contributed by atoms with Gasteiger partial charge >= 0.3 is 0 Å². The second kappa shape index (κ2) is 5.45. The molecule has 0 unspecified atom stereocenters. The molecular weight excluding hydrogens is 326 g/mol. The minimum Gasteiger partial charge on any atom is -0.307 e. The van der Waals surface area contributed by atoms with Crippen molar-refractivity contribution < 1.29 is 4.79 Å². The van der Waals surface area contributed by atoms with E-state index in [9.17, 15) is 4.79 Å². The van der Waals surface area contributed by atoms with Gasteiger partial charge < -0.3 is 4.90 Å². The van der Waals surface area contributed by atoms with E-state index in [1.807, 2.05) is 23.1 Å². The van der Waals surface area contributed by atoms with Gasteiger partial charge in [0, 0.05) is 22.8 Å². The first kappa shape index (κ1) is 14.6. The van der Waals surface area contributed by atoms with E-state index in [1.165, 1.54) is 0 Å². The molecule has 0 bridgehead atoms. The molecule has 1 aliphatic heterocycles. The summed E-state index contributed by atoms with van der Waals surface area (Å²) in [6.07, 6.45) is 2.12. The van der Waals surface area contributed by atoms with Crippen molar-refractivity contribution in [2.45, 2.75) is 26.7 Å². The average molecular weight is 346 g/mol. The van der Waals surface area contributed by atoms with Crippen molar-refractivity contribution in [2.24, 2.45) is 5.41 Å². The third-order valence-electron chi connectivity index (χ3n) is 4.93. The van der Waals surface area contributed by atoms with Crippen LogP contribution in [0.1, 0.15) is 37.0 Å². The van der Waals surface area contributed by atoms with Gasteiger partial charge in [0.25, 0.3) is 5.91 Å². The Kier molecular flexibility index (Phi) is 3.78. The topological polar surface area (TPSA) is 20.3 Å². The molecule has 1 aliphatic rings. The van der Waals surface area contributed by atoms with Crippen LogP contribution in [0.25, 0.3) is 10.8 Å². The summed E-state index contributed by atoms with van der Waals surface area (Å²) >= 11 is 3.65. The van der Waals surface area contributed by atoms with E-state index in [-0.39, 0.29) is 11.3 Å². The van der Waals surface area contributed by atoms with Gasteiger partial charge in [-0.05, 0) is 35.8 Å². The van der Waals surface area contributed by atoms with Crippen molar-refractivity contribution in [2.75, 3.05) is 16.8 Å². The number of alkyl halides is 1. The minimum atomic E-state index is 0.139. The van der Waals surface area contributed by atoms with Gasteiger partial charge in [-0.2, -0.15) is 0 Å². The molecule has 2 aromatic carbocycles. The van der Waals surface area contributed by atoms with E-state index < -0.39 is 0 Å². The third kappa shape index (κ3) is 2.18. The fourth-order valence-corrected chi connectivity index (χ4v) is 4.15. The maximum absolute atomic E-state index is 12.8. The van der Waals surface area contributed by atoms with Crippen LogP contribution in [-0.4, -0.2) is 17.8 Å². The third-order valence-corrected chi connectivity index (χ3v) is 6.12. The second-order valence-electron chi connectivity index (χ2n) is 5.91. The molecule has 0 atom stereocenters. The van der Waals surface area contributed by atoms with Gasteiger partial charge in [0.2, 0.25) is 0 Å². The number of nitrogens with zero attached hydrogens (tertiary/aromatic N) is 1. The molecule has 3 heteroatoms. The first-order valence-electron chi connectivity index (χ1n) is 7.55. The summed E-state index contributed by atoms with van der Waals surface area (Å²) in [5.74, 6) is 0.147. The van der Waals surface area contributed by atoms with Crippen molar-refractivity contribution in [3.8, 4) is 0 Å². The molecule has 1 amide bonds. The van der Waals surface area contributed by atoms with Gasteiger partial charge in [0.15, 0.2) is 0 Å². The number of hydrogen-bond donors (Lipinski definition) is 0. The highest BCUT2D eigenvalue weighted by Crippen LogP contribution is 2.40. The van der Waals surface area contributed by atoms with Crippen LogP contribution < -0.4 is 4.90 Å². The second-order valence-corrected chi connectivity index (χ2v) is 6.47. The predicted molar refractivity (Wildman–Crippen MR) is 92.4 cm³/mol. The Balaban J connectivity index is 2.08. The van der Waals surface area contributed by atoms with E-state index in [1.54, 1.807) is 0 Å². The maximum atomic E-state index is 12.8. The van der Waals surface area contributed by atoms with Gasteiger partial charge in [-0.15, -0.1) is 0 Å². The maximum Gasteiger partial charge on any atom is 0.259 e. The molecule has 0 saturated heterocycles. The standard InChI is InChI=1S/C18H20BrNO/c1-3-18(4-2,11-19)12-20-15-10-6-8-13-7-5-9-14(16(13)15)17(20)21/h5-10H,3-4,11-12H2,1-2H3. The SMILES string of the molecule is CCC(CC)(CBr)CN1C(=O)c2cccc3cccc1c23. The largest absolute Gasteiger partial charge is 0.307 e. The zero-order valence-corrected chi connectivity index (χ0v) is 14.1. The van der Waals surface area contributed by atoms with Crippen LogP contribution in [0.5, 0.6) is 0 Å². The Labute approximate surface area is 134 Å². The number of benzene rings is 2. The molecule has 0 N–H and O–H groups in total. The Hall–Kier alpha value is -1.35. The number of carbonyl (C=O) groups excluding carboxylic acids is 1. The molecule has 1 heterocycles. The van der Waals surface area contributed by atoms with Crippen molar-refractivity contribution in [3.63, 3.8) is 0 Å². The monoisotopic (exact) mass is 345 g/mol. The summed E-state index contributed by atoms with van der Waals surface area (Å²) < 4.78 is 0. The first-order chi connectivity index (χ1) is 10.2. The summed E-state index contributed by atoms with van der Waals surface area (Å²) in [5.41, 5.74) is 2.05. The van der Waals surface area contributed by atoms with E-state index in [0.29, 0.717) is 0 Å². The number of carbonyl (C=O) groups is 1. The predicted octanol–water partition coefficient (Wildman–Crippen LogP) is 5.00. The van der Waals surface area contributed by atoms with Gasteiger partial charge in [-0.1, -0.05) is 54.0 Å². The number of amides is 1. The number of hydrogen-bond acceptors (Lipinski definition) is 1. The van der Waals surface area contributed by atoms with Crippen LogP contribution in [0.15, 0.2) is 36.4 Å². The lowest BCUT2D eigenvalue weighted by Crippen LogP contribution is -2.40. The number of rotatable bonds is 5. The van der Waals surface area contributed by atoms with Crippen LogP contribution >= 0.6 is 15.9 Å². The van der Waals surface area contributed by atoms with Crippen LogP contribution in [0, 0.1) is 5.41 Å². The molecule has 0 spiro atoms. The summed E-state index contributed by atoms with van der Waals surface area (Å²) in [5, 5.41) is 3.18. The van der Waals surface area contributed by atoms with Gasteiger partial charge in [-0.3, -0.25) is 4.79 Å². The quantitative estimate of drug-likeness (QED) is 0.698. The molecular formula is C18H20BrNO. The highest BCUT2D eigenvalue weighted by atomic mass is 79.9. The molecule has 0 fully saturated rings. The Morgan fingerprint density at radius 3 is 2.38 bits per heavy atom. The highest BCUT2D eigenvalue weighted by molar-refractivity contribution is 9.09. The van der Waals surface area contributed by atoms with E-state index >= 15 is 0 Å². The van der Waals surface area contributed by atoms with Crippen molar-refractivity contribution in [1.29, 1.82) is 0 Å². The van der Waals surface area contributed by atoms with Crippen molar-refractivity contribution >= 4 is 38.3 Å². The van der Waals surface area contributed by atoms with E-state index in [4.69, 9.17) is 0 Å². The van der Waals surface area contributed by atoms with Crippen LogP contribution in [0.2, 0.25) is 0 Å². The van der Waals surface area contributed by atoms with Crippen molar-refractivity contribution in [1.82, 2.24) is 0 Å². The summed E-state index contributed by atoms with van der Waals surface area (Å²) in [6.45, 7) is 5.19. The fraction of sp³-hybridized carbons (Fsp3) is 0.389. The molecule has 0 saturated carbocycles. The van der Waals surface area contributed by atoms with Crippen LogP contribution in [-0.2, 0) is 0 Å². The normalized spacial score (nSPS) is 14.2. The molecule has 2 aromatic rings. The van der Waals surface area contributed by atoms with Crippen LogP contribution in [0.3, 0.4) is 0 Å². The van der Waals surface area contributed by atoms with Gasteiger partial charge in [0.05, 0.1) is 5.69 Å². The molecule has 3 rings (SSSR count). The molecule has 21 heavy (non-hydrogen) atoms. The summed E-state index contributed by atoms with van der Waals surface area (Å²) in [4.78, 5) is 14.8. The highest BCUT2D eigenvalue weighted by Gasteiger charge is 2.35. The van der Waals surface area contributed by atoms with E-state index in [0.717, 1.165) is 46.7 Å². The zero-order chi connectivity index (χ0) is 15.0. The number of anilines is 1. The fourth-order valence-electron chi connectivity index (χ4n) is 3.18. The molecule has 110 valence electrons. The smallest absolute Gasteiger partial charge is 0.259 e. The van der Waals surface area contributed by atoms with Gasteiger partial charge in [-0.25, -0.2) is 0 Å². The van der Waals surface area contributed by atoms with Crippen LogP contribution in [0.4, 0.5) is 5.69 Å². The Morgan fingerprint density at radius 1 is 1.10 bits per heavy atom. The summed E-state index contributed by atoms with van der Waals surface area (Å²) in [7, 11) is 0. The molecule has 0 radical (unpaired) electrons. The molecule has 0 aromatic heterocycles. The lowest BCUT2D eigenvalue weighted by molar-refractivity contribution is 0.0980. The van der Waals surface area contributed by atoms with Gasteiger partial charge in [0.1, 0.15) is 0 Å². The van der Waals surface area contributed by atoms with Crippen molar-refractivity contribution in [3.05, 3.63) is 42.0 Å². The average Bonchev–Trinajstić information content (AvgIpc) is 2.80. The Bertz CT molecular complexity index is 677. The zero-order valence-electron chi connectivity index (χ0n) is 12.5. The first-order valence-corrected chi connectivity index (χ1v) is 8.67. The summed E-state index contributed by atoms with van der Waals surface area (Å²) in [6, 6.07) is 12.2. The molecule has 0 aliphatic carbocycles. The lowest BCUT2D eigenvalue weighted by atomic mass is 9.84. The van der Waals surface area contributed by atoms with E-state index in [2.05, 4.69) is 48.0 Å². The molecule has 2 nitrogen and oxygen atoms in total. The number of halogens is 1. The minimum absolute atomic E-state index is 0.139. The Morgan fingerprint density at radius 2 is 1.76 bits per heavy atom. The lowest BCUT2D eigenvalue weighted by Gasteiger charge is -2.34.